The summed E-state index contributed by atoms with van der Waals surface area (Å²) < 4.78 is 0. The minimum atomic E-state index is -0.836. The van der Waals surface area contributed by atoms with Crippen molar-refractivity contribution in [2.75, 3.05) is 7.05 Å². The van der Waals surface area contributed by atoms with Gasteiger partial charge in [0.25, 0.3) is 0 Å². The molecule has 1 aromatic carbocycles. The molecule has 0 atom stereocenters. The van der Waals surface area contributed by atoms with Gasteiger partial charge in [-0.15, -0.1) is 0 Å². The van der Waals surface area contributed by atoms with Crippen molar-refractivity contribution >= 4 is 5.97 Å². The molecule has 1 saturated carbocycles. The molecule has 0 aliphatic heterocycles. The van der Waals surface area contributed by atoms with Crippen molar-refractivity contribution in [2.45, 2.75) is 31.8 Å². The number of carboxylic acids is 1. The molecule has 0 aromatic heterocycles. The Labute approximate surface area is 95.7 Å². The van der Waals surface area contributed by atoms with Gasteiger partial charge in [-0.2, -0.15) is 0 Å². The minimum Gasteiger partial charge on any atom is -0.478 e. The molecule has 0 bridgehead atoms. The first-order valence-corrected chi connectivity index (χ1v) is 5.70. The number of carbonyl (C=O) groups is 1. The Kier molecular flexibility index (Phi) is 3.25. The van der Waals surface area contributed by atoms with E-state index < -0.39 is 5.97 Å². The number of carboxylic acid groups (broad SMARTS) is 1. The lowest BCUT2D eigenvalue weighted by Gasteiger charge is -2.35. The molecular formula is C13H17NO2. The van der Waals surface area contributed by atoms with Gasteiger partial charge in [0.2, 0.25) is 0 Å². The first-order chi connectivity index (χ1) is 7.68. The molecule has 1 N–H and O–H groups in total. The summed E-state index contributed by atoms with van der Waals surface area (Å²) in [6, 6.07) is 7.89. The zero-order valence-corrected chi connectivity index (χ0v) is 9.52. The fourth-order valence-corrected chi connectivity index (χ4v) is 2.09. The topological polar surface area (TPSA) is 40.5 Å². The molecule has 0 amide bonds. The van der Waals surface area contributed by atoms with Gasteiger partial charge in [0, 0.05) is 12.6 Å². The van der Waals surface area contributed by atoms with Crippen LogP contribution in [0.25, 0.3) is 0 Å². The standard InChI is InChI=1S/C13H17NO2/c1-14(11-6-4-7-11)9-10-5-2-3-8-12(10)13(15)16/h2-3,5,8,11H,4,6-7,9H2,1H3,(H,15,16). The van der Waals surface area contributed by atoms with Crippen LogP contribution in [0.1, 0.15) is 35.2 Å². The molecule has 0 radical (unpaired) electrons. The molecule has 1 fully saturated rings. The van der Waals surface area contributed by atoms with Crippen molar-refractivity contribution in [3.8, 4) is 0 Å². The average Bonchev–Trinajstić information content (AvgIpc) is 2.15. The van der Waals surface area contributed by atoms with E-state index in [4.69, 9.17) is 5.11 Å². The first kappa shape index (κ1) is 11.1. The van der Waals surface area contributed by atoms with Crippen molar-refractivity contribution in [2.24, 2.45) is 0 Å². The summed E-state index contributed by atoms with van der Waals surface area (Å²) in [4.78, 5) is 13.3. The van der Waals surface area contributed by atoms with Gasteiger partial charge < -0.3 is 5.11 Å². The lowest BCUT2D eigenvalue weighted by molar-refractivity contribution is 0.0693. The van der Waals surface area contributed by atoms with Gasteiger partial charge in [0.15, 0.2) is 0 Å². The minimum absolute atomic E-state index is 0.425. The van der Waals surface area contributed by atoms with Crippen LogP contribution >= 0.6 is 0 Å². The Morgan fingerprint density at radius 3 is 2.69 bits per heavy atom. The van der Waals surface area contributed by atoms with E-state index in [9.17, 15) is 4.79 Å². The highest BCUT2D eigenvalue weighted by Gasteiger charge is 2.22. The molecule has 0 heterocycles. The summed E-state index contributed by atoms with van der Waals surface area (Å²) in [5, 5.41) is 9.07. The summed E-state index contributed by atoms with van der Waals surface area (Å²) >= 11 is 0. The molecular weight excluding hydrogens is 202 g/mol. The van der Waals surface area contributed by atoms with E-state index in [1.54, 1.807) is 12.1 Å². The Hall–Kier alpha value is -1.35. The average molecular weight is 219 g/mol. The SMILES string of the molecule is CN(Cc1ccccc1C(=O)O)C1CCC1. The molecule has 2 rings (SSSR count). The van der Waals surface area contributed by atoms with E-state index in [0.717, 1.165) is 12.1 Å². The Bertz CT molecular complexity index is 385. The lowest BCUT2D eigenvalue weighted by Crippen LogP contribution is -2.36. The van der Waals surface area contributed by atoms with Crippen molar-refractivity contribution in [3.05, 3.63) is 35.4 Å². The summed E-state index contributed by atoms with van der Waals surface area (Å²) in [6.45, 7) is 0.729. The van der Waals surface area contributed by atoms with Crippen LogP contribution in [0.3, 0.4) is 0 Å². The van der Waals surface area contributed by atoms with Crippen LogP contribution in [0.4, 0.5) is 0 Å². The first-order valence-electron chi connectivity index (χ1n) is 5.70. The zero-order valence-electron chi connectivity index (χ0n) is 9.52. The quantitative estimate of drug-likeness (QED) is 0.845. The highest BCUT2D eigenvalue weighted by atomic mass is 16.4. The molecule has 1 aromatic rings. The van der Waals surface area contributed by atoms with Gasteiger partial charge in [0.05, 0.1) is 5.56 Å². The highest BCUT2D eigenvalue weighted by Crippen LogP contribution is 2.25. The normalized spacial score (nSPS) is 16.1. The van der Waals surface area contributed by atoms with Gasteiger partial charge in [-0.05, 0) is 31.5 Å². The smallest absolute Gasteiger partial charge is 0.336 e. The molecule has 1 aliphatic carbocycles. The van der Waals surface area contributed by atoms with Crippen LogP contribution < -0.4 is 0 Å². The van der Waals surface area contributed by atoms with Crippen LogP contribution in [-0.2, 0) is 6.54 Å². The maximum atomic E-state index is 11.0. The Morgan fingerprint density at radius 1 is 1.44 bits per heavy atom. The van der Waals surface area contributed by atoms with Gasteiger partial charge in [-0.3, -0.25) is 4.90 Å². The predicted molar refractivity (Wildman–Crippen MR) is 62.5 cm³/mol. The molecule has 86 valence electrons. The maximum Gasteiger partial charge on any atom is 0.336 e. The van der Waals surface area contributed by atoms with Crippen LogP contribution in [0.2, 0.25) is 0 Å². The number of benzene rings is 1. The van der Waals surface area contributed by atoms with E-state index in [0.29, 0.717) is 11.6 Å². The van der Waals surface area contributed by atoms with E-state index >= 15 is 0 Å². The Morgan fingerprint density at radius 2 is 2.12 bits per heavy atom. The largest absolute Gasteiger partial charge is 0.478 e. The summed E-state index contributed by atoms with van der Waals surface area (Å²) in [5.41, 5.74) is 1.33. The fourth-order valence-electron chi connectivity index (χ4n) is 2.09. The van der Waals surface area contributed by atoms with Gasteiger partial charge in [-0.25, -0.2) is 4.79 Å². The zero-order chi connectivity index (χ0) is 11.5. The summed E-state index contributed by atoms with van der Waals surface area (Å²) in [6.07, 6.45) is 3.78. The van der Waals surface area contributed by atoms with Gasteiger partial charge in [-0.1, -0.05) is 24.6 Å². The third kappa shape index (κ3) is 2.25. The molecule has 1 aliphatic rings. The second kappa shape index (κ2) is 4.66. The second-order valence-electron chi connectivity index (χ2n) is 4.46. The van der Waals surface area contributed by atoms with Crippen LogP contribution in [0.5, 0.6) is 0 Å². The monoisotopic (exact) mass is 219 g/mol. The molecule has 16 heavy (non-hydrogen) atoms. The molecule has 0 saturated heterocycles. The number of hydrogen-bond donors (Lipinski definition) is 1. The van der Waals surface area contributed by atoms with E-state index in [-0.39, 0.29) is 0 Å². The third-order valence-electron chi connectivity index (χ3n) is 3.37. The number of hydrogen-bond acceptors (Lipinski definition) is 2. The highest BCUT2D eigenvalue weighted by molar-refractivity contribution is 5.89. The van der Waals surface area contributed by atoms with Crippen molar-refractivity contribution in [3.63, 3.8) is 0 Å². The van der Waals surface area contributed by atoms with E-state index in [1.807, 2.05) is 12.1 Å². The molecule has 3 nitrogen and oxygen atoms in total. The summed E-state index contributed by atoms with van der Waals surface area (Å²) in [7, 11) is 2.07. The Balaban J connectivity index is 2.10. The van der Waals surface area contributed by atoms with Gasteiger partial charge >= 0.3 is 5.97 Å². The summed E-state index contributed by atoms with van der Waals surface area (Å²) in [5.74, 6) is -0.836. The van der Waals surface area contributed by atoms with Crippen molar-refractivity contribution in [1.82, 2.24) is 4.90 Å². The fraction of sp³-hybridized carbons (Fsp3) is 0.462. The maximum absolute atomic E-state index is 11.0. The molecule has 0 spiro atoms. The number of nitrogens with zero attached hydrogens (tertiary/aromatic N) is 1. The lowest BCUT2D eigenvalue weighted by atomic mass is 9.91. The van der Waals surface area contributed by atoms with Crippen molar-refractivity contribution < 1.29 is 9.90 Å². The third-order valence-corrected chi connectivity index (χ3v) is 3.37. The van der Waals surface area contributed by atoms with E-state index in [1.165, 1.54) is 19.3 Å². The van der Waals surface area contributed by atoms with Crippen LogP contribution in [-0.4, -0.2) is 29.1 Å². The van der Waals surface area contributed by atoms with E-state index in [2.05, 4.69) is 11.9 Å². The molecule has 0 unspecified atom stereocenters. The number of rotatable bonds is 4. The number of aromatic carboxylic acids is 1. The van der Waals surface area contributed by atoms with Gasteiger partial charge in [0.1, 0.15) is 0 Å². The van der Waals surface area contributed by atoms with Crippen molar-refractivity contribution in [1.29, 1.82) is 0 Å². The second-order valence-corrected chi connectivity index (χ2v) is 4.46. The van der Waals surface area contributed by atoms with Crippen LogP contribution in [0, 0.1) is 0 Å². The molecule has 3 heteroatoms. The predicted octanol–water partition coefficient (Wildman–Crippen LogP) is 2.37. The van der Waals surface area contributed by atoms with Crippen LogP contribution in [0.15, 0.2) is 24.3 Å².